The number of nitrogens with zero attached hydrogens (tertiary/aromatic N) is 2. The minimum absolute atomic E-state index is 0.107. The van der Waals surface area contributed by atoms with Crippen molar-refractivity contribution in [3.05, 3.63) is 35.5 Å². The third-order valence-electron chi connectivity index (χ3n) is 5.30. The molecule has 0 spiro atoms. The van der Waals surface area contributed by atoms with Gasteiger partial charge in [0.2, 0.25) is 10.0 Å². The Morgan fingerprint density at radius 1 is 1.22 bits per heavy atom. The summed E-state index contributed by atoms with van der Waals surface area (Å²) in [6, 6.07) is 7.29. The van der Waals surface area contributed by atoms with Crippen LogP contribution in [0.1, 0.15) is 24.6 Å². The average molecular weight is 391 g/mol. The molecule has 0 bridgehead atoms. The van der Waals surface area contributed by atoms with Crippen molar-refractivity contribution >= 4 is 10.0 Å². The van der Waals surface area contributed by atoms with E-state index in [4.69, 9.17) is 9.26 Å². The topological polar surface area (TPSA) is 84.7 Å². The first-order valence-corrected chi connectivity index (χ1v) is 10.7. The number of rotatable bonds is 4. The maximum atomic E-state index is 13.1. The van der Waals surface area contributed by atoms with Gasteiger partial charge in [-0.05, 0) is 38.8 Å². The first-order valence-electron chi connectivity index (χ1n) is 9.24. The summed E-state index contributed by atoms with van der Waals surface area (Å²) in [7, 11) is -3.63. The van der Waals surface area contributed by atoms with Gasteiger partial charge in [0.1, 0.15) is 0 Å². The van der Waals surface area contributed by atoms with Gasteiger partial charge in [0, 0.05) is 36.8 Å². The number of nitrogens with one attached hydrogen (secondary N) is 1. The lowest BCUT2D eigenvalue weighted by molar-refractivity contribution is -0.0390. The zero-order chi connectivity index (χ0) is 19.2. The fraction of sp³-hybridized carbons (Fsp3) is 0.526. The number of aryl methyl sites for hydroxylation is 2. The summed E-state index contributed by atoms with van der Waals surface area (Å²) in [5.74, 6) is 0.563. The van der Waals surface area contributed by atoms with Crippen molar-refractivity contribution in [1.29, 1.82) is 0 Å². The number of benzene rings is 1. The molecule has 7 nitrogen and oxygen atoms in total. The Morgan fingerprint density at radius 3 is 2.78 bits per heavy atom. The Kier molecular flexibility index (Phi) is 4.84. The molecule has 2 fully saturated rings. The molecule has 1 N–H and O–H groups in total. The van der Waals surface area contributed by atoms with Gasteiger partial charge in [-0.3, -0.25) is 4.90 Å². The van der Waals surface area contributed by atoms with Crippen LogP contribution in [0.4, 0.5) is 0 Å². The molecule has 4 rings (SSSR count). The second-order valence-electron chi connectivity index (χ2n) is 7.62. The van der Waals surface area contributed by atoms with Crippen molar-refractivity contribution in [2.45, 2.75) is 50.3 Å². The molecule has 0 aliphatic carbocycles. The molecule has 0 radical (unpaired) electrons. The van der Waals surface area contributed by atoms with Crippen molar-refractivity contribution in [3.63, 3.8) is 0 Å². The van der Waals surface area contributed by atoms with Crippen LogP contribution in [0.15, 0.2) is 33.7 Å². The lowest BCUT2D eigenvalue weighted by atomic mass is 10.1. The van der Waals surface area contributed by atoms with E-state index < -0.39 is 10.0 Å². The van der Waals surface area contributed by atoms with Crippen LogP contribution in [0.5, 0.6) is 0 Å². The average Bonchev–Trinajstić information content (AvgIpc) is 3.20. The molecule has 2 aromatic rings. The Balaban J connectivity index is 1.55. The molecule has 2 saturated heterocycles. The van der Waals surface area contributed by atoms with Gasteiger partial charge in [0.25, 0.3) is 0 Å². The van der Waals surface area contributed by atoms with Crippen molar-refractivity contribution in [2.24, 2.45) is 0 Å². The Hall–Kier alpha value is -1.74. The van der Waals surface area contributed by atoms with Crippen LogP contribution in [0.3, 0.4) is 0 Å². The lowest BCUT2D eigenvalue weighted by Crippen LogP contribution is -2.45. The van der Waals surface area contributed by atoms with Crippen LogP contribution in [0.25, 0.3) is 11.3 Å². The zero-order valence-corrected chi connectivity index (χ0v) is 16.6. The molecular formula is C19H25N3O4S. The van der Waals surface area contributed by atoms with Crippen LogP contribution >= 0.6 is 0 Å². The standard InChI is InChI=1S/C19H25N3O4S/c1-12-4-5-15(18-6-13(2)20-26-18)7-19(12)27(23,24)21-16-8-17-11-25-14(3)9-22(17)10-16/h4-7,14,16-17,21H,8-11H2,1-3H3/t14-,16-,17-/m0/s1. The largest absolute Gasteiger partial charge is 0.376 e. The minimum atomic E-state index is -3.63. The number of sulfonamides is 1. The van der Waals surface area contributed by atoms with Crippen molar-refractivity contribution in [3.8, 4) is 11.3 Å². The van der Waals surface area contributed by atoms with Gasteiger partial charge >= 0.3 is 0 Å². The minimum Gasteiger partial charge on any atom is -0.376 e. The van der Waals surface area contributed by atoms with E-state index in [1.165, 1.54) is 0 Å². The molecule has 0 saturated carbocycles. The van der Waals surface area contributed by atoms with Gasteiger partial charge in [-0.1, -0.05) is 17.3 Å². The van der Waals surface area contributed by atoms with Crippen LogP contribution in [0, 0.1) is 13.8 Å². The summed E-state index contributed by atoms with van der Waals surface area (Å²) in [5, 5.41) is 3.88. The van der Waals surface area contributed by atoms with E-state index in [9.17, 15) is 8.42 Å². The van der Waals surface area contributed by atoms with Crippen LogP contribution < -0.4 is 4.72 Å². The second-order valence-corrected chi connectivity index (χ2v) is 9.30. The van der Waals surface area contributed by atoms with Crippen LogP contribution in [-0.2, 0) is 14.8 Å². The highest BCUT2D eigenvalue weighted by atomic mass is 32.2. The van der Waals surface area contributed by atoms with Crippen molar-refractivity contribution in [1.82, 2.24) is 14.8 Å². The molecule has 2 aliphatic heterocycles. The van der Waals surface area contributed by atoms with Crippen molar-refractivity contribution in [2.75, 3.05) is 19.7 Å². The summed E-state index contributed by atoms with van der Waals surface area (Å²) >= 11 is 0. The normalized spacial score (nSPS) is 26.3. The number of hydrogen-bond donors (Lipinski definition) is 1. The monoisotopic (exact) mass is 391 g/mol. The van der Waals surface area contributed by atoms with E-state index in [-0.39, 0.29) is 17.0 Å². The summed E-state index contributed by atoms with van der Waals surface area (Å²) in [6.45, 7) is 7.92. The SMILES string of the molecule is Cc1cc(-c2ccc(C)c(S(=O)(=O)N[C@H]3C[C@H]4CO[C@@H](C)CN4C3)c2)on1. The van der Waals surface area contributed by atoms with E-state index in [0.29, 0.717) is 29.5 Å². The Labute approximate surface area is 159 Å². The molecule has 1 aromatic carbocycles. The molecule has 0 amide bonds. The summed E-state index contributed by atoms with van der Waals surface area (Å²) < 4.78 is 40.0. The Bertz CT molecular complexity index is 940. The van der Waals surface area contributed by atoms with E-state index >= 15 is 0 Å². The molecule has 2 aliphatic rings. The quantitative estimate of drug-likeness (QED) is 0.859. The maximum Gasteiger partial charge on any atom is 0.241 e. The molecule has 0 unspecified atom stereocenters. The van der Waals surface area contributed by atoms with Gasteiger partial charge in [0.15, 0.2) is 5.76 Å². The predicted octanol–water partition coefficient (Wildman–Crippen LogP) is 2.10. The van der Waals surface area contributed by atoms with Crippen LogP contribution in [-0.4, -0.2) is 56.4 Å². The fourth-order valence-corrected chi connectivity index (χ4v) is 5.46. The maximum absolute atomic E-state index is 13.1. The fourth-order valence-electron chi connectivity index (χ4n) is 3.95. The molecule has 27 heavy (non-hydrogen) atoms. The molecule has 3 atom stereocenters. The van der Waals surface area contributed by atoms with Gasteiger partial charge in [0.05, 0.1) is 23.3 Å². The van der Waals surface area contributed by atoms with E-state index in [1.54, 1.807) is 25.1 Å². The Morgan fingerprint density at radius 2 is 2.04 bits per heavy atom. The number of morpholine rings is 1. The van der Waals surface area contributed by atoms with Crippen molar-refractivity contribution < 1.29 is 17.7 Å². The summed E-state index contributed by atoms with van der Waals surface area (Å²) in [4.78, 5) is 2.60. The van der Waals surface area contributed by atoms with Crippen LogP contribution in [0.2, 0.25) is 0 Å². The first kappa shape index (κ1) is 18.6. The van der Waals surface area contributed by atoms with E-state index in [0.717, 1.165) is 25.2 Å². The van der Waals surface area contributed by atoms with E-state index in [1.807, 2.05) is 19.9 Å². The molecule has 8 heteroatoms. The predicted molar refractivity (Wildman–Crippen MR) is 101 cm³/mol. The molecule has 146 valence electrons. The third-order valence-corrected chi connectivity index (χ3v) is 6.97. The first-order chi connectivity index (χ1) is 12.8. The molecule has 1 aromatic heterocycles. The van der Waals surface area contributed by atoms with Gasteiger partial charge in [-0.25, -0.2) is 13.1 Å². The van der Waals surface area contributed by atoms with Gasteiger partial charge < -0.3 is 9.26 Å². The highest BCUT2D eigenvalue weighted by molar-refractivity contribution is 7.89. The van der Waals surface area contributed by atoms with Gasteiger partial charge in [-0.15, -0.1) is 0 Å². The molecular weight excluding hydrogens is 366 g/mol. The number of aromatic nitrogens is 1. The highest BCUT2D eigenvalue weighted by Gasteiger charge is 2.38. The smallest absolute Gasteiger partial charge is 0.241 e. The number of fused-ring (bicyclic) bond motifs is 1. The summed E-state index contributed by atoms with van der Waals surface area (Å²) in [6.07, 6.45) is 0.965. The third kappa shape index (κ3) is 3.80. The van der Waals surface area contributed by atoms with E-state index in [2.05, 4.69) is 14.8 Å². The lowest BCUT2D eigenvalue weighted by Gasteiger charge is -2.33. The summed E-state index contributed by atoms with van der Waals surface area (Å²) in [5.41, 5.74) is 2.16. The second kappa shape index (κ2) is 7.01. The van der Waals surface area contributed by atoms with Gasteiger partial charge in [-0.2, -0.15) is 0 Å². The number of ether oxygens (including phenoxy) is 1. The number of hydrogen-bond acceptors (Lipinski definition) is 6. The zero-order valence-electron chi connectivity index (χ0n) is 15.8. The highest BCUT2D eigenvalue weighted by Crippen LogP contribution is 2.28. The molecule has 3 heterocycles.